The Kier molecular flexibility index (Phi) is 3.91. The van der Waals surface area contributed by atoms with Crippen LogP contribution in [0.4, 0.5) is 0 Å². The van der Waals surface area contributed by atoms with Gasteiger partial charge in [-0.25, -0.2) is 0 Å². The predicted molar refractivity (Wildman–Crippen MR) is 63.3 cm³/mol. The molecule has 0 saturated heterocycles. The second-order valence-electron chi connectivity index (χ2n) is 2.96. The molecule has 5 heteroatoms. The van der Waals surface area contributed by atoms with Crippen molar-refractivity contribution in [3.05, 3.63) is 26.8 Å². The highest BCUT2D eigenvalue weighted by atomic mass is 127. The molecular weight excluding hydrogens is 307 g/mol. The summed E-state index contributed by atoms with van der Waals surface area (Å²) >= 11 is 1.86. The molecule has 1 rings (SSSR count). The molecule has 0 atom stereocenters. The summed E-state index contributed by atoms with van der Waals surface area (Å²) in [6, 6.07) is 5.12. The number of phenolic OH excluding ortho intramolecular Hbond substituents is 1. The van der Waals surface area contributed by atoms with E-state index in [0.717, 1.165) is 0 Å². The fourth-order valence-corrected chi connectivity index (χ4v) is 2.06. The van der Waals surface area contributed by atoms with Crippen LogP contribution in [0.15, 0.2) is 12.1 Å². The first-order chi connectivity index (χ1) is 7.07. The SMILES string of the molecule is N#CCCc1ccc(O)c(I)c1C(N)=O. The van der Waals surface area contributed by atoms with Crippen LogP contribution in [0.2, 0.25) is 0 Å². The molecule has 0 saturated carbocycles. The van der Waals surface area contributed by atoms with Crippen molar-refractivity contribution in [2.75, 3.05) is 0 Å². The van der Waals surface area contributed by atoms with Gasteiger partial charge in [0.2, 0.25) is 5.91 Å². The molecule has 0 fully saturated rings. The van der Waals surface area contributed by atoms with Crippen molar-refractivity contribution in [3.63, 3.8) is 0 Å². The van der Waals surface area contributed by atoms with Crippen molar-refractivity contribution in [3.8, 4) is 11.8 Å². The van der Waals surface area contributed by atoms with Gasteiger partial charge in [0.05, 0.1) is 15.2 Å². The first-order valence-electron chi connectivity index (χ1n) is 4.25. The Morgan fingerprint density at radius 2 is 2.27 bits per heavy atom. The number of benzene rings is 1. The van der Waals surface area contributed by atoms with E-state index in [-0.39, 0.29) is 5.75 Å². The van der Waals surface area contributed by atoms with E-state index in [9.17, 15) is 9.90 Å². The Hall–Kier alpha value is -1.29. The summed E-state index contributed by atoms with van der Waals surface area (Å²) in [4.78, 5) is 11.2. The Labute approximate surface area is 101 Å². The largest absolute Gasteiger partial charge is 0.507 e. The molecule has 1 aromatic carbocycles. The van der Waals surface area contributed by atoms with Crippen LogP contribution >= 0.6 is 22.6 Å². The topological polar surface area (TPSA) is 87.1 Å². The minimum atomic E-state index is -0.580. The minimum Gasteiger partial charge on any atom is -0.507 e. The number of primary amides is 1. The zero-order valence-corrected chi connectivity index (χ0v) is 9.98. The summed E-state index contributed by atoms with van der Waals surface area (Å²) in [5.41, 5.74) is 6.23. The number of rotatable bonds is 3. The second-order valence-corrected chi connectivity index (χ2v) is 4.03. The Morgan fingerprint density at radius 1 is 1.60 bits per heavy atom. The van der Waals surface area contributed by atoms with E-state index in [1.54, 1.807) is 6.07 Å². The molecule has 0 radical (unpaired) electrons. The van der Waals surface area contributed by atoms with Gasteiger partial charge in [0.25, 0.3) is 0 Å². The average molecular weight is 316 g/mol. The van der Waals surface area contributed by atoms with E-state index in [2.05, 4.69) is 0 Å². The van der Waals surface area contributed by atoms with Crippen LogP contribution in [0.25, 0.3) is 0 Å². The summed E-state index contributed by atoms with van der Waals surface area (Å²) in [5.74, 6) is -0.548. The first kappa shape index (κ1) is 11.8. The highest BCUT2D eigenvalue weighted by molar-refractivity contribution is 14.1. The number of nitriles is 1. The van der Waals surface area contributed by atoms with Gasteiger partial charge in [0.1, 0.15) is 5.75 Å². The number of carbonyl (C=O) groups is 1. The summed E-state index contributed by atoms with van der Waals surface area (Å²) in [5, 5.41) is 17.9. The van der Waals surface area contributed by atoms with Crippen LogP contribution in [-0.2, 0) is 6.42 Å². The highest BCUT2D eigenvalue weighted by Crippen LogP contribution is 2.26. The molecule has 0 aliphatic heterocycles. The molecule has 3 N–H and O–H groups in total. The smallest absolute Gasteiger partial charge is 0.250 e. The second kappa shape index (κ2) is 4.98. The van der Waals surface area contributed by atoms with Crippen molar-refractivity contribution in [1.82, 2.24) is 0 Å². The molecule has 1 aromatic rings. The Morgan fingerprint density at radius 3 is 2.80 bits per heavy atom. The van der Waals surface area contributed by atoms with Gasteiger partial charge < -0.3 is 10.8 Å². The molecular formula is C10H9IN2O2. The fourth-order valence-electron chi connectivity index (χ4n) is 1.27. The van der Waals surface area contributed by atoms with Gasteiger partial charge in [-0.05, 0) is 40.6 Å². The van der Waals surface area contributed by atoms with E-state index in [1.807, 2.05) is 28.7 Å². The van der Waals surface area contributed by atoms with Gasteiger partial charge >= 0.3 is 0 Å². The van der Waals surface area contributed by atoms with Crippen molar-refractivity contribution in [2.24, 2.45) is 5.73 Å². The zero-order valence-electron chi connectivity index (χ0n) is 7.83. The lowest BCUT2D eigenvalue weighted by Crippen LogP contribution is -2.15. The van der Waals surface area contributed by atoms with Gasteiger partial charge in [0, 0.05) is 6.42 Å². The summed E-state index contributed by atoms with van der Waals surface area (Å²) in [6.07, 6.45) is 0.784. The summed E-state index contributed by atoms with van der Waals surface area (Å²) < 4.78 is 0.440. The van der Waals surface area contributed by atoms with Crippen LogP contribution in [0, 0.1) is 14.9 Å². The third kappa shape index (κ3) is 2.59. The molecule has 4 nitrogen and oxygen atoms in total. The van der Waals surface area contributed by atoms with Crippen LogP contribution in [-0.4, -0.2) is 11.0 Å². The molecule has 78 valence electrons. The maximum atomic E-state index is 11.2. The van der Waals surface area contributed by atoms with Crippen LogP contribution in [0.1, 0.15) is 22.3 Å². The number of nitrogens with two attached hydrogens (primary N) is 1. The minimum absolute atomic E-state index is 0.0325. The molecule has 15 heavy (non-hydrogen) atoms. The standard InChI is InChI=1S/C10H9IN2O2/c11-9-7(14)4-3-6(2-1-5-12)8(9)10(13)15/h3-4,14H,1-2H2,(H2,13,15). The van der Waals surface area contributed by atoms with E-state index in [0.29, 0.717) is 27.5 Å². The van der Waals surface area contributed by atoms with Crippen LogP contribution in [0.3, 0.4) is 0 Å². The number of aromatic hydroxyl groups is 1. The third-order valence-corrected chi connectivity index (χ3v) is 3.05. The molecule has 0 aliphatic carbocycles. The molecule has 0 bridgehead atoms. The number of halogens is 1. The summed E-state index contributed by atoms with van der Waals surface area (Å²) in [6.45, 7) is 0. The number of phenols is 1. The molecule has 0 aliphatic rings. The van der Waals surface area contributed by atoms with Gasteiger partial charge in [-0.15, -0.1) is 0 Å². The lowest BCUT2D eigenvalue weighted by molar-refractivity contribution is 0.0998. The first-order valence-corrected chi connectivity index (χ1v) is 5.33. The molecule has 0 unspecified atom stereocenters. The molecule has 1 amide bonds. The number of carbonyl (C=O) groups excluding carboxylic acids is 1. The Bertz CT molecular complexity index is 438. The van der Waals surface area contributed by atoms with Gasteiger partial charge in [-0.1, -0.05) is 6.07 Å². The molecule has 0 heterocycles. The summed E-state index contributed by atoms with van der Waals surface area (Å²) in [7, 11) is 0. The highest BCUT2D eigenvalue weighted by Gasteiger charge is 2.15. The van der Waals surface area contributed by atoms with Gasteiger partial charge in [-0.3, -0.25) is 4.79 Å². The monoisotopic (exact) mass is 316 g/mol. The van der Waals surface area contributed by atoms with Crippen molar-refractivity contribution >= 4 is 28.5 Å². The third-order valence-electron chi connectivity index (χ3n) is 1.96. The van der Waals surface area contributed by atoms with E-state index >= 15 is 0 Å². The van der Waals surface area contributed by atoms with Crippen molar-refractivity contribution < 1.29 is 9.90 Å². The quantitative estimate of drug-likeness (QED) is 0.830. The molecule has 0 aromatic heterocycles. The Balaban J connectivity index is 3.22. The van der Waals surface area contributed by atoms with Gasteiger partial charge in [-0.2, -0.15) is 5.26 Å². The average Bonchev–Trinajstić information content (AvgIpc) is 2.19. The number of hydrogen-bond acceptors (Lipinski definition) is 3. The maximum Gasteiger partial charge on any atom is 0.250 e. The van der Waals surface area contributed by atoms with Crippen LogP contribution in [0.5, 0.6) is 5.75 Å². The normalized spacial score (nSPS) is 9.60. The number of nitrogens with zero attached hydrogens (tertiary/aromatic N) is 1. The fraction of sp³-hybridized carbons (Fsp3) is 0.200. The number of amides is 1. The van der Waals surface area contributed by atoms with Crippen molar-refractivity contribution in [1.29, 1.82) is 5.26 Å². The van der Waals surface area contributed by atoms with E-state index < -0.39 is 5.91 Å². The number of hydrogen-bond donors (Lipinski definition) is 2. The lowest BCUT2D eigenvalue weighted by atomic mass is 10.0. The van der Waals surface area contributed by atoms with Crippen molar-refractivity contribution in [2.45, 2.75) is 12.8 Å². The zero-order chi connectivity index (χ0) is 11.4. The number of aryl methyl sites for hydroxylation is 1. The van der Waals surface area contributed by atoms with Crippen LogP contribution < -0.4 is 5.73 Å². The lowest BCUT2D eigenvalue weighted by Gasteiger charge is -2.08. The maximum absolute atomic E-state index is 11.2. The van der Waals surface area contributed by atoms with E-state index in [1.165, 1.54) is 6.07 Å². The van der Waals surface area contributed by atoms with Gasteiger partial charge in [0.15, 0.2) is 0 Å². The predicted octanol–water partition coefficient (Wildman–Crippen LogP) is 1.55. The van der Waals surface area contributed by atoms with E-state index in [4.69, 9.17) is 11.0 Å². The molecule has 0 spiro atoms.